The van der Waals surface area contributed by atoms with Crippen LogP contribution in [0.3, 0.4) is 0 Å². The molecule has 1 fully saturated rings. The van der Waals surface area contributed by atoms with E-state index in [0.29, 0.717) is 34.9 Å². The van der Waals surface area contributed by atoms with Gasteiger partial charge in [0, 0.05) is 38.6 Å². The smallest absolute Gasteiger partial charge is 0.260 e. The fraction of sp³-hybridized carbons (Fsp3) is 0.320. The van der Waals surface area contributed by atoms with Crippen molar-refractivity contribution in [2.45, 2.75) is 19.5 Å². The topological polar surface area (TPSA) is 69.4 Å². The second kappa shape index (κ2) is 9.06. The maximum Gasteiger partial charge on any atom is 0.260 e. The Labute approximate surface area is 185 Å². The minimum absolute atomic E-state index is 0.100. The summed E-state index contributed by atoms with van der Waals surface area (Å²) < 4.78 is 8.77. The van der Waals surface area contributed by atoms with Crippen molar-refractivity contribution >= 4 is 21.8 Å². The third kappa shape index (κ3) is 4.22. The van der Waals surface area contributed by atoms with Crippen LogP contribution in [0.4, 0.5) is 0 Å². The molecule has 0 N–H and O–H groups in total. The predicted molar refractivity (Wildman–Crippen MR) is 125 cm³/mol. The molecular weight excluding hydrogens is 404 g/mol. The van der Waals surface area contributed by atoms with E-state index in [2.05, 4.69) is 9.88 Å². The van der Waals surface area contributed by atoms with Crippen molar-refractivity contribution in [3.63, 3.8) is 0 Å². The molecule has 0 aliphatic carbocycles. The van der Waals surface area contributed by atoms with E-state index in [9.17, 15) is 9.59 Å². The number of hydrogen-bond acceptors (Lipinski definition) is 5. The highest BCUT2D eigenvalue weighted by Gasteiger charge is 2.12. The third-order valence-electron chi connectivity index (χ3n) is 6.06. The summed E-state index contributed by atoms with van der Waals surface area (Å²) in [6.45, 7) is 5.49. The number of nitrogens with zero attached hydrogens (tertiary/aromatic N) is 4. The molecule has 1 aromatic carbocycles. The van der Waals surface area contributed by atoms with E-state index in [1.54, 1.807) is 27.6 Å². The molecule has 5 rings (SSSR count). The van der Waals surface area contributed by atoms with Crippen molar-refractivity contribution in [1.82, 2.24) is 19.0 Å². The lowest BCUT2D eigenvalue weighted by atomic mass is 10.1. The van der Waals surface area contributed by atoms with Crippen LogP contribution in [0.5, 0.6) is 0 Å². The van der Waals surface area contributed by atoms with Gasteiger partial charge in [-0.25, -0.2) is 4.98 Å². The van der Waals surface area contributed by atoms with E-state index < -0.39 is 0 Å². The van der Waals surface area contributed by atoms with Crippen molar-refractivity contribution in [2.24, 2.45) is 0 Å². The molecule has 1 aliphatic heterocycles. The summed E-state index contributed by atoms with van der Waals surface area (Å²) in [5.41, 5.74) is 2.04. The first-order valence-electron chi connectivity index (χ1n) is 11.1. The van der Waals surface area contributed by atoms with Crippen LogP contribution in [0.1, 0.15) is 12.0 Å². The number of aryl methyl sites for hydroxylation is 1. The van der Waals surface area contributed by atoms with Gasteiger partial charge in [0.1, 0.15) is 0 Å². The maximum atomic E-state index is 13.1. The molecule has 0 amide bonds. The lowest BCUT2D eigenvalue weighted by Crippen LogP contribution is -2.37. The number of aromatic nitrogens is 3. The number of pyridine rings is 3. The predicted octanol–water partition coefficient (Wildman–Crippen LogP) is 2.48. The highest BCUT2D eigenvalue weighted by atomic mass is 16.5. The van der Waals surface area contributed by atoms with Gasteiger partial charge < -0.3 is 13.9 Å². The third-order valence-corrected chi connectivity index (χ3v) is 6.06. The van der Waals surface area contributed by atoms with Crippen LogP contribution in [-0.2, 0) is 17.8 Å². The number of ether oxygens (including phenoxy) is 1. The molecule has 4 aromatic rings. The van der Waals surface area contributed by atoms with E-state index in [1.807, 2.05) is 42.5 Å². The van der Waals surface area contributed by atoms with Gasteiger partial charge in [0.15, 0.2) is 0 Å². The molecule has 1 saturated heterocycles. The van der Waals surface area contributed by atoms with Crippen LogP contribution in [0.15, 0.2) is 70.5 Å². The molecule has 0 saturated carbocycles. The lowest BCUT2D eigenvalue weighted by Gasteiger charge is -2.26. The number of morpholine rings is 1. The summed E-state index contributed by atoms with van der Waals surface area (Å²) in [5, 5.41) is 0.958. The first kappa shape index (κ1) is 20.6. The molecule has 7 nitrogen and oxygen atoms in total. The molecular formula is C25H26N4O3. The van der Waals surface area contributed by atoms with Gasteiger partial charge >= 0.3 is 0 Å². The second-order valence-corrected chi connectivity index (χ2v) is 8.21. The Kier molecular flexibility index (Phi) is 5.83. The zero-order valence-corrected chi connectivity index (χ0v) is 17.9. The fourth-order valence-corrected chi connectivity index (χ4v) is 4.28. The monoisotopic (exact) mass is 430 g/mol. The molecule has 1 aliphatic rings. The Balaban J connectivity index is 1.44. The van der Waals surface area contributed by atoms with E-state index in [0.717, 1.165) is 44.8 Å². The first-order valence-corrected chi connectivity index (χ1v) is 11.1. The van der Waals surface area contributed by atoms with E-state index in [4.69, 9.17) is 4.74 Å². The van der Waals surface area contributed by atoms with Crippen molar-refractivity contribution in [1.29, 1.82) is 0 Å². The number of hydrogen-bond donors (Lipinski definition) is 0. The summed E-state index contributed by atoms with van der Waals surface area (Å²) in [6.07, 6.45) is 4.46. The van der Waals surface area contributed by atoms with Crippen LogP contribution >= 0.6 is 0 Å². The van der Waals surface area contributed by atoms with Crippen LogP contribution in [-0.4, -0.2) is 51.9 Å². The van der Waals surface area contributed by atoms with Gasteiger partial charge in [0.2, 0.25) is 0 Å². The molecule has 3 aromatic heterocycles. The number of benzene rings is 1. The molecule has 0 unspecified atom stereocenters. The van der Waals surface area contributed by atoms with Gasteiger partial charge in [-0.3, -0.25) is 14.5 Å². The van der Waals surface area contributed by atoms with Gasteiger partial charge in [0.25, 0.3) is 11.1 Å². The Bertz CT molecular complexity index is 1350. The maximum absolute atomic E-state index is 13.1. The highest BCUT2D eigenvalue weighted by molar-refractivity contribution is 5.91. The molecule has 0 spiro atoms. The minimum atomic E-state index is -0.136. The molecule has 4 heterocycles. The quantitative estimate of drug-likeness (QED) is 0.440. The zero-order chi connectivity index (χ0) is 21.9. The Morgan fingerprint density at radius 3 is 2.19 bits per heavy atom. The van der Waals surface area contributed by atoms with Crippen LogP contribution < -0.4 is 11.1 Å². The Hall–Kier alpha value is -3.29. The SMILES string of the molecule is O=c1c2cc3c(=O)n(Cc4ccccc4)ccc3nc2ccn1CCCN1CCOCC1. The normalized spacial score (nSPS) is 14.9. The summed E-state index contributed by atoms with van der Waals surface area (Å²) in [6, 6.07) is 15.3. The van der Waals surface area contributed by atoms with Crippen molar-refractivity contribution in [2.75, 3.05) is 32.8 Å². The lowest BCUT2D eigenvalue weighted by molar-refractivity contribution is 0.0369. The standard InChI is InChI=1S/C25H26N4O3/c30-24-20-17-21-23(8-12-29(25(21)31)18-19-5-2-1-3-6-19)26-22(20)7-11-28(24)10-4-9-27-13-15-32-16-14-27/h1-3,5-8,11-12,17H,4,9-10,13-16,18H2. The van der Waals surface area contributed by atoms with Crippen LogP contribution in [0, 0.1) is 0 Å². The van der Waals surface area contributed by atoms with Crippen LogP contribution in [0.25, 0.3) is 21.8 Å². The average molecular weight is 431 g/mol. The average Bonchev–Trinajstić information content (AvgIpc) is 2.83. The number of rotatable bonds is 6. The molecule has 0 radical (unpaired) electrons. The zero-order valence-electron chi connectivity index (χ0n) is 17.9. The summed E-state index contributed by atoms with van der Waals surface area (Å²) >= 11 is 0. The van der Waals surface area contributed by atoms with Gasteiger partial charge in [-0.2, -0.15) is 0 Å². The van der Waals surface area contributed by atoms with Crippen molar-refractivity contribution < 1.29 is 4.74 Å². The summed E-state index contributed by atoms with van der Waals surface area (Å²) in [5.74, 6) is 0. The Morgan fingerprint density at radius 2 is 1.47 bits per heavy atom. The fourth-order valence-electron chi connectivity index (χ4n) is 4.28. The largest absolute Gasteiger partial charge is 0.379 e. The molecule has 0 atom stereocenters. The van der Waals surface area contributed by atoms with Crippen molar-refractivity contribution in [3.05, 3.63) is 87.2 Å². The highest BCUT2D eigenvalue weighted by Crippen LogP contribution is 2.15. The van der Waals surface area contributed by atoms with Gasteiger partial charge in [-0.15, -0.1) is 0 Å². The van der Waals surface area contributed by atoms with Gasteiger partial charge in [-0.1, -0.05) is 30.3 Å². The molecule has 164 valence electrons. The van der Waals surface area contributed by atoms with E-state index in [1.165, 1.54) is 0 Å². The van der Waals surface area contributed by atoms with Gasteiger partial charge in [-0.05, 0) is 30.2 Å². The first-order chi connectivity index (χ1) is 15.7. The number of fused-ring (bicyclic) bond motifs is 2. The Morgan fingerprint density at radius 1 is 0.812 bits per heavy atom. The summed E-state index contributed by atoms with van der Waals surface area (Å²) in [7, 11) is 0. The molecule has 32 heavy (non-hydrogen) atoms. The van der Waals surface area contributed by atoms with Crippen molar-refractivity contribution in [3.8, 4) is 0 Å². The van der Waals surface area contributed by atoms with E-state index in [-0.39, 0.29) is 11.1 Å². The van der Waals surface area contributed by atoms with Crippen LogP contribution in [0.2, 0.25) is 0 Å². The minimum Gasteiger partial charge on any atom is -0.379 e. The van der Waals surface area contributed by atoms with Gasteiger partial charge in [0.05, 0.1) is 41.6 Å². The second-order valence-electron chi connectivity index (χ2n) is 8.21. The summed E-state index contributed by atoms with van der Waals surface area (Å²) in [4.78, 5) is 33.2. The van der Waals surface area contributed by atoms with E-state index >= 15 is 0 Å². The molecule has 0 bridgehead atoms. The molecule has 7 heteroatoms.